The first kappa shape index (κ1) is 14.7. The molecule has 0 aliphatic heterocycles. The van der Waals surface area contributed by atoms with E-state index in [2.05, 4.69) is 5.32 Å². The minimum atomic E-state index is -0.484. The molecule has 2 rings (SSSR count). The van der Waals surface area contributed by atoms with Crippen molar-refractivity contribution < 1.29 is 9.72 Å². The molecular weight excluding hydrogens is 268 g/mol. The average molecular weight is 284 g/mol. The van der Waals surface area contributed by atoms with Crippen LogP contribution in [-0.2, 0) is 0 Å². The third-order valence-corrected chi connectivity index (χ3v) is 3.32. The van der Waals surface area contributed by atoms with Gasteiger partial charge < -0.3 is 5.32 Å². The quantitative estimate of drug-likeness (QED) is 0.499. The molecule has 0 spiro atoms. The monoisotopic (exact) mass is 284 g/mol. The van der Waals surface area contributed by atoms with Crippen molar-refractivity contribution in [2.75, 3.05) is 11.9 Å². The summed E-state index contributed by atoms with van der Waals surface area (Å²) in [5, 5.41) is 14.1. The van der Waals surface area contributed by atoms with Gasteiger partial charge in [0, 0.05) is 18.2 Å². The maximum atomic E-state index is 11.1. The maximum Gasteiger partial charge on any atom is 0.293 e. The molecule has 0 aliphatic carbocycles. The number of anilines is 1. The molecule has 5 nitrogen and oxygen atoms in total. The lowest BCUT2D eigenvalue weighted by atomic mass is 10.0. The van der Waals surface area contributed by atoms with Gasteiger partial charge in [-0.1, -0.05) is 37.3 Å². The second-order valence-corrected chi connectivity index (χ2v) is 4.84. The normalized spacial score (nSPS) is 11.7. The first-order valence-electron chi connectivity index (χ1n) is 6.64. The topological polar surface area (TPSA) is 72.2 Å². The van der Waals surface area contributed by atoms with E-state index in [0.29, 0.717) is 24.1 Å². The second kappa shape index (κ2) is 6.65. The fraction of sp³-hybridized carbons (Fsp3) is 0.188. The molecule has 0 saturated heterocycles. The summed E-state index contributed by atoms with van der Waals surface area (Å²) in [5.74, 6) is 0.219. The van der Waals surface area contributed by atoms with Crippen LogP contribution in [0.2, 0.25) is 0 Å². The summed E-state index contributed by atoms with van der Waals surface area (Å²) < 4.78 is 0. The third-order valence-electron chi connectivity index (χ3n) is 3.32. The first-order valence-corrected chi connectivity index (χ1v) is 6.64. The molecule has 2 aromatic carbocycles. The number of benzene rings is 2. The molecule has 0 radical (unpaired) electrons. The Morgan fingerprint density at radius 1 is 1.24 bits per heavy atom. The van der Waals surface area contributed by atoms with E-state index in [1.165, 1.54) is 6.07 Å². The van der Waals surface area contributed by atoms with Gasteiger partial charge in [-0.15, -0.1) is 0 Å². The highest BCUT2D eigenvalue weighted by molar-refractivity contribution is 5.79. The number of carbonyl (C=O) groups excluding carboxylic acids is 1. The number of nitro benzene ring substituents is 1. The molecule has 0 heterocycles. The Kier molecular flexibility index (Phi) is 4.66. The van der Waals surface area contributed by atoms with Crippen LogP contribution in [0.4, 0.5) is 11.4 Å². The summed E-state index contributed by atoms with van der Waals surface area (Å²) in [6.45, 7) is 2.62. The number of aldehydes is 1. The van der Waals surface area contributed by atoms with Crippen molar-refractivity contribution in [2.45, 2.75) is 12.8 Å². The van der Waals surface area contributed by atoms with Crippen molar-refractivity contribution >= 4 is 17.7 Å². The molecule has 0 amide bonds. The van der Waals surface area contributed by atoms with Gasteiger partial charge in [0.15, 0.2) is 0 Å². The third kappa shape index (κ3) is 3.66. The highest BCUT2D eigenvalue weighted by Gasteiger charge is 2.15. The molecule has 2 aromatic rings. The molecule has 1 N–H and O–H groups in total. The summed E-state index contributed by atoms with van der Waals surface area (Å²) in [7, 11) is 0. The van der Waals surface area contributed by atoms with Gasteiger partial charge in [0.1, 0.15) is 12.0 Å². The molecule has 1 atom stereocenters. The van der Waals surface area contributed by atoms with Crippen LogP contribution >= 0.6 is 0 Å². The smallest absolute Gasteiger partial charge is 0.293 e. The predicted molar refractivity (Wildman–Crippen MR) is 81.8 cm³/mol. The summed E-state index contributed by atoms with van der Waals surface area (Å²) in [6.07, 6.45) is 0.601. The average Bonchev–Trinajstić information content (AvgIpc) is 2.53. The van der Waals surface area contributed by atoms with Gasteiger partial charge in [0.2, 0.25) is 0 Å². The predicted octanol–water partition coefficient (Wildman–Crippen LogP) is 3.62. The van der Waals surface area contributed by atoms with E-state index < -0.39 is 4.92 Å². The first-order chi connectivity index (χ1) is 10.1. The second-order valence-electron chi connectivity index (χ2n) is 4.84. The van der Waals surface area contributed by atoms with Crippen molar-refractivity contribution in [3.05, 3.63) is 69.8 Å². The molecule has 0 fully saturated rings. The fourth-order valence-electron chi connectivity index (χ4n) is 2.08. The molecule has 5 heteroatoms. The number of carbonyl (C=O) groups is 1. The van der Waals surface area contributed by atoms with E-state index in [4.69, 9.17) is 0 Å². The van der Waals surface area contributed by atoms with Crippen LogP contribution in [0.3, 0.4) is 0 Å². The minimum absolute atomic E-state index is 0.0835. The number of nitrogens with one attached hydrogen (secondary N) is 1. The van der Waals surface area contributed by atoms with Gasteiger partial charge in [-0.05, 0) is 23.6 Å². The van der Waals surface area contributed by atoms with E-state index >= 15 is 0 Å². The number of nitro groups is 1. The molecule has 108 valence electrons. The number of hydrogen-bond acceptors (Lipinski definition) is 4. The van der Waals surface area contributed by atoms with E-state index in [0.717, 1.165) is 5.56 Å². The van der Waals surface area contributed by atoms with Gasteiger partial charge in [0.25, 0.3) is 5.69 Å². The molecule has 21 heavy (non-hydrogen) atoms. The Morgan fingerprint density at radius 3 is 2.57 bits per heavy atom. The summed E-state index contributed by atoms with van der Waals surface area (Å²) in [4.78, 5) is 21.3. The number of rotatable bonds is 6. The van der Waals surface area contributed by atoms with E-state index in [1.807, 2.05) is 37.3 Å². The minimum Gasteiger partial charge on any atom is -0.379 e. The highest BCUT2D eigenvalue weighted by Crippen LogP contribution is 2.26. The molecule has 0 aliphatic rings. The van der Waals surface area contributed by atoms with E-state index in [9.17, 15) is 14.9 Å². The van der Waals surface area contributed by atoms with E-state index in [-0.39, 0.29) is 11.6 Å². The summed E-state index contributed by atoms with van der Waals surface area (Å²) in [5.41, 5.74) is 1.80. The summed E-state index contributed by atoms with van der Waals surface area (Å²) in [6, 6.07) is 14.3. The standard InChI is InChI=1S/C16H16N2O3/c1-12(14-5-3-2-4-6-14)10-17-15-8-7-13(11-19)9-16(15)18(20)21/h2-9,11-12,17H,10H2,1H3. The van der Waals surface area contributed by atoms with Crippen LogP contribution in [0.1, 0.15) is 28.8 Å². The lowest BCUT2D eigenvalue weighted by molar-refractivity contribution is -0.384. The largest absolute Gasteiger partial charge is 0.379 e. The Morgan fingerprint density at radius 2 is 1.95 bits per heavy atom. The molecule has 0 bridgehead atoms. The van der Waals surface area contributed by atoms with Crippen LogP contribution in [0.5, 0.6) is 0 Å². The zero-order valence-corrected chi connectivity index (χ0v) is 11.7. The van der Waals surface area contributed by atoms with Crippen molar-refractivity contribution in [3.63, 3.8) is 0 Å². The Bertz CT molecular complexity index is 641. The van der Waals surface area contributed by atoms with Crippen molar-refractivity contribution in [1.29, 1.82) is 0 Å². The Balaban J connectivity index is 2.13. The Labute approximate surface area is 122 Å². The molecular formula is C16H16N2O3. The lowest BCUT2D eigenvalue weighted by Crippen LogP contribution is -2.11. The van der Waals surface area contributed by atoms with Crippen LogP contribution in [0, 0.1) is 10.1 Å². The Hall–Kier alpha value is -2.69. The van der Waals surface area contributed by atoms with Crippen molar-refractivity contribution in [1.82, 2.24) is 0 Å². The maximum absolute atomic E-state index is 11.1. The van der Waals surface area contributed by atoms with Crippen LogP contribution in [0.15, 0.2) is 48.5 Å². The van der Waals surface area contributed by atoms with Crippen LogP contribution < -0.4 is 5.32 Å². The zero-order chi connectivity index (χ0) is 15.2. The van der Waals surface area contributed by atoms with Crippen LogP contribution in [0.25, 0.3) is 0 Å². The molecule has 0 saturated carbocycles. The van der Waals surface area contributed by atoms with Gasteiger partial charge in [-0.2, -0.15) is 0 Å². The summed E-state index contributed by atoms with van der Waals surface area (Å²) >= 11 is 0. The van der Waals surface area contributed by atoms with Gasteiger partial charge in [-0.3, -0.25) is 14.9 Å². The highest BCUT2D eigenvalue weighted by atomic mass is 16.6. The molecule has 1 unspecified atom stereocenters. The van der Waals surface area contributed by atoms with Gasteiger partial charge in [-0.25, -0.2) is 0 Å². The van der Waals surface area contributed by atoms with Crippen molar-refractivity contribution in [3.8, 4) is 0 Å². The zero-order valence-electron chi connectivity index (χ0n) is 11.7. The van der Waals surface area contributed by atoms with E-state index in [1.54, 1.807) is 12.1 Å². The van der Waals surface area contributed by atoms with Gasteiger partial charge >= 0.3 is 0 Å². The fourth-order valence-corrected chi connectivity index (χ4v) is 2.08. The number of nitrogens with zero attached hydrogens (tertiary/aromatic N) is 1. The SMILES string of the molecule is CC(CNc1ccc(C=O)cc1[N+](=O)[O-])c1ccccc1. The lowest BCUT2D eigenvalue weighted by Gasteiger charge is -2.14. The van der Waals surface area contributed by atoms with Crippen LogP contribution in [-0.4, -0.2) is 17.8 Å². The molecule has 0 aromatic heterocycles. The van der Waals surface area contributed by atoms with Gasteiger partial charge in [0.05, 0.1) is 4.92 Å². The number of hydrogen-bond donors (Lipinski definition) is 1. The van der Waals surface area contributed by atoms with Crippen molar-refractivity contribution in [2.24, 2.45) is 0 Å².